The van der Waals surface area contributed by atoms with Crippen molar-refractivity contribution in [3.63, 3.8) is 0 Å². The third kappa shape index (κ3) is 3.48. The normalized spacial score (nSPS) is 18.8. The van der Waals surface area contributed by atoms with Crippen molar-refractivity contribution in [2.75, 3.05) is 19.8 Å². The van der Waals surface area contributed by atoms with E-state index in [0.717, 1.165) is 25.0 Å². The van der Waals surface area contributed by atoms with E-state index >= 15 is 0 Å². The van der Waals surface area contributed by atoms with Crippen LogP contribution < -0.4 is 5.32 Å². The molecule has 1 aromatic rings. The van der Waals surface area contributed by atoms with Gasteiger partial charge in [0, 0.05) is 37.4 Å². The van der Waals surface area contributed by atoms with E-state index in [9.17, 15) is 13.9 Å². The van der Waals surface area contributed by atoms with E-state index < -0.39 is 17.7 Å². The van der Waals surface area contributed by atoms with Gasteiger partial charge in [0.25, 0.3) is 0 Å². The number of hydrogen-bond donors (Lipinski definition) is 2. The van der Waals surface area contributed by atoms with Gasteiger partial charge in [-0.2, -0.15) is 0 Å². The number of benzene rings is 1. The molecule has 1 atom stereocenters. The molecule has 0 aliphatic carbocycles. The molecule has 0 saturated carbocycles. The van der Waals surface area contributed by atoms with E-state index in [1.54, 1.807) is 0 Å². The number of aliphatic hydroxyl groups is 1. The molecule has 0 spiro atoms. The Morgan fingerprint density at radius 1 is 1.33 bits per heavy atom. The third-order valence-corrected chi connectivity index (χ3v) is 3.14. The van der Waals surface area contributed by atoms with Crippen LogP contribution >= 0.6 is 0 Å². The summed E-state index contributed by atoms with van der Waals surface area (Å²) in [6.07, 6.45) is 0.811. The molecule has 1 aliphatic heterocycles. The van der Waals surface area contributed by atoms with Crippen LogP contribution in [-0.2, 0) is 4.74 Å². The molecule has 1 aromatic carbocycles. The molecule has 1 saturated heterocycles. The fraction of sp³-hybridized carbons (Fsp3) is 0.538. The zero-order valence-electron chi connectivity index (χ0n) is 10.0. The first-order chi connectivity index (χ1) is 8.66. The minimum atomic E-state index is -0.964. The third-order valence-electron chi connectivity index (χ3n) is 3.14. The van der Waals surface area contributed by atoms with Gasteiger partial charge in [-0.1, -0.05) is 6.07 Å². The number of halogens is 2. The summed E-state index contributed by atoms with van der Waals surface area (Å²) >= 11 is 0. The lowest BCUT2D eigenvalue weighted by molar-refractivity contribution is 0.0721. The van der Waals surface area contributed by atoms with E-state index in [1.165, 1.54) is 6.07 Å². The monoisotopic (exact) mass is 257 g/mol. The van der Waals surface area contributed by atoms with E-state index in [1.807, 2.05) is 0 Å². The minimum Gasteiger partial charge on any atom is -0.387 e. The molecule has 0 radical (unpaired) electrons. The Balaban J connectivity index is 1.88. The molecular weight excluding hydrogens is 240 g/mol. The summed E-state index contributed by atoms with van der Waals surface area (Å²) in [6.45, 7) is 1.67. The molecule has 1 heterocycles. The summed E-state index contributed by atoms with van der Waals surface area (Å²) in [5, 5.41) is 13.0. The maximum Gasteiger partial charge on any atom is 0.131 e. The maximum absolute atomic E-state index is 13.4. The van der Waals surface area contributed by atoms with Gasteiger partial charge in [0.15, 0.2) is 0 Å². The topological polar surface area (TPSA) is 41.5 Å². The van der Waals surface area contributed by atoms with Crippen molar-refractivity contribution >= 4 is 0 Å². The molecule has 1 aliphatic rings. The van der Waals surface area contributed by atoms with Crippen molar-refractivity contribution < 1.29 is 18.6 Å². The van der Waals surface area contributed by atoms with Crippen molar-refractivity contribution in [1.29, 1.82) is 0 Å². The molecular formula is C13H17F2NO2. The Kier molecular flexibility index (Phi) is 4.63. The smallest absolute Gasteiger partial charge is 0.131 e. The Bertz CT molecular complexity index is 395. The Hall–Kier alpha value is -1.04. The van der Waals surface area contributed by atoms with Gasteiger partial charge in [-0.25, -0.2) is 8.78 Å². The average Bonchev–Trinajstić information content (AvgIpc) is 2.37. The summed E-state index contributed by atoms with van der Waals surface area (Å²) in [4.78, 5) is 0. The first kappa shape index (κ1) is 13.4. The van der Waals surface area contributed by atoms with Gasteiger partial charge in [0.1, 0.15) is 11.6 Å². The molecule has 1 fully saturated rings. The summed E-state index contributed by atoms with van der Waals surface area (Å²) in [6, 6.07) is 3.50. The van der Waals surface area contributed by atoms with Crippen LogP contribution in [0.1, 0.15) is 24.5 Å². The lowest BCUT2D eigenvalue weighted by atomic mass is 10.1. The molecule has 0 bridgehead atoms. The van der Waals surface area contributed by atoms with Crippen LogP contribution in [0.4, 0.5) is 8.78 Å². The van der Waals surface area contributed by atoms with Gasteiger partial charge in [-0.15, -0.1) is 0 Å². The van der Waals surface area contributed by atoms with Crippen molar-refractivity contribution in [1.82, 2.24) is 5.32 Å². The van der Waals surface area contributed by atoms with Crippen LogP contribution in [0.3, 0.4) is 0 Å². The molecule has 0 aromatic heterocycles. The Labute approximate surface area is 105 Å². The van der Waals surface area contributed by atoms with Crippen molar-refractivity contribution in [2.45, 2.75) is 25.0 Å². The number of nitrogens with one attached hydrogen (secondary N) is 1. The fourth-order valence-electron chi connectivity index (χ4n) is 2.06. The molecule has 0 unspecified atom stereocenters. The zero-order chi connectivity index (χ0) is 13.0. The van der Waals surface area contributed by atoms with Gasteiger partial charge < -0.3 is 15.2 Å². The Morgan fingerprint density at radius 3 is 2.72 bits per heavy atom. The zero-order valence-corrected chi connectivity index (χ0v) is 10.0. The van der Waals surface area contributed by atoms with Crippen molar-refractivity contribution in [3.8, 4) is 0 Å². The summed E-state index contributed by atoms with van der Waals surface area (Å²) < 4.78 is 31.4. The number of aliphatic hydroxyl groups excluding tert-OH is 1. The van der Waals surface area contributed by atoms with Crippen LogP contribution in [0.25, 0.3) is 0 Å². The highest BCUT2D eigenvalue weighted by atomic mass is 19.1. The SMILES string of the molecule is O[C@H](CNC1CCOCC1)c1ccc(F)cc1F. The average molecular weight is 257 g/mol. The molecule has 3 nitrogen and oxygen atoms in total. The summed E-state index contributed by atoms with van der Waals surface area (Å²) in [7, 11) is 0. The summed E-state index contributed by atoms with van der Waals surface area (Å²) in [5.41, 5.74) is 0.121. The molecule has 5 heteroatoms. The molecule has 2 N–H and O–H groups in total. The van der Waals surface area contributed by atoms with E-state index in [2.05, 4.69) is 5.32 Å². The van der Waals surface area contributed by atoms with Gasteiger partial charge in [0.05, 0.1) is 6.10 Å². The van der Waals surface area contributed by atoms with Gasteiger partial charge in [-0.05, 0) is 18.9 Å². The predicted molar refractivity (Wildman–Crippen MR) is 63.2 cm³/mol. The number of ether oxygens (including phenoxy) is 1. The van der Waals surface area contributed by atoms with Crippen LogP contribution in [0, 0.1) is 11.6 Å². The number of hydrogen-bond acceptors (Lipinski definition) is 3. The largest absolute Gasteiger partial charge is 0.387 e. The van der Waals surface area contributed by atoms with Crippen molar-refractivity contribution in [2.24, 2.45) is 0 Å². The van der Waals surface area contributed by atoms with Crippen LogP contribution in [-0.4, -0.2) is 30.9 Å². The van der Waals surface area contributed by atoms with Gasteiger partial charge in [0.2, 0.25) is 0 Å². The molecule has 0 amide bonds. The van der Waals surface area contributed by atoms with Gasteiger partial charge >= 0.3 is 0 Å². The first-order valence-corrected chi connectivity index (χ1v) is 6.11. The standard InChI is InChI=1S/C13H17F2NO2/c14-9-1-2-11(12(15)7-9)13(17)8-16-10-3-5-18-6-4-10/h1-2,7,10,13,16-17H,3-6,8H2/t13-/m1/s1. The first-order valence-electron chi connectivity index (χ1n) is 6.11. The van der Waals surface area contributed by atoms with Gasteiger partial charge in [-0.3, -0.25) is 0 Å². The second kappa shape index (κ2) is 6.22. The fourth-order valence-corrected chi connectivity index (χ4v) is 2.06. The highest BCUT2D eigenvalue weighted by Crippen LogP contribution is 2.18. The Morgan fingerprint density at radius 2 is 2.06 bits per heavy atom. The van der Waals surface area contributed by atoms with E-state index in [4.69, 9.17) is 4.74 Å². The quantitative estimate of drug-likeness (QED) is 0.863. The highest BCUT2D eigenvalue weighted by Gasteiger charge is 2.17. The lowest BCUT2D eigenvalue weighted by Gasteiger charge is -2.24. The van der Waals surface area contributed by atoms with E-state index in [0.29, 0.717) is 13.2 Å². The molecule has 2 rings (SSSR count). The molecule has 18 heavy (non-hydrogen) atoms. The van der Waals surface area contributed by atoms with E-state index in [-0.39, 0.29) is 18.2 Å². The minimum absolute atomic E-state index is 0.121. The van der Waals surface area contributed by atoms with Crippen LogP contribution in [0.2, 0.25) is 0 Å². The predicted octanol–water partition coefficient (Wildman–Crippen LogP) is 1.77. The van der Waals surface area contributed by atoms with Crippen LogP contribution in [0.5, 0.6) is 0 Å². The van der Waals surface area contributed by atoms with Crippen molar-refractivity contribution in [3.05, 3.63) is 35.4 Å². The lowest BCUT2D eigenvalue weighted by Crippen LogP contribution is -2.37. The number of rotatable bonds is 4. The summed E-state index contributed by atoms with van der Waals surface area (Å²) in [5.74, 6) is -1.35. The molecule has 100 valence electrons. The van der Waals surface area contributed by atoms with Crippen LogP contribution in [0.15, 0.2) is 18.2 Å². The second-order valence-electron chi connectivity index (χ2n) is 4.48. The maximum atomic E-state index is 13.4. The highest BCUT2D eigenvalue weighted by molar-refractivity contribution is 5.21. The second-order valence-corrected chi connectivity index (χ2v) is 4.48.